The molecule has 0 saturated carbocycles. The first-order valence-corrected chi connectivity index (χ1v) is 9.87. The third kappa shape index (κ3) is 3.63. The molecule has 1 aromatic carbocycles. The molecule has 8 heteroatoms. The number of benzene rings is 1. The Kier molecular flexibility index (Phi) is 4.66. The number of aromatic amines is 1. The number of pyridine rings is 2. The fourth-order valence-electron chi connectivity index (χ4n) is 3.60. The van der Waals surface area contributed by atoms with E-state index in [1.54, 1.807) is 16.6 Å². The van der Waals surface area contributed by atoms with Crippen molar-refractivity contribution in [3.05, 3.63) is 84.5 Å². The molecule has 0 aliphatic carbocycles. The summed E-state index contributed by atoms with van der Waals surface area (Å²) in [5.41, 5.74) is 5.42. The largest absolute Gasteiger partial charge is 0.365 e. The fourth-order valence-corrected chi connectivity index (χ4v) is 3.60. The Morgan fingerprint density at radius 1 is 1.03 bits per heavy atom. The van der Waals surface area contributed by atoms with Crippen molar-refractivity contribution in [3.8, 4) is 22.6 Å². The van der Waals surface area contributed by atoms with Gasteiger partial charge in [-0.3, -0.25) is 4.98 Å². The second-order valence-electron chi connectivity index (χ2n) is 7.36. The molecular formula is C23H20FN7. The van der Waals surface area contributed by atoms with Crippen molar-refractivity contribution in [1.82, 2.24) is 29.5 Å². The number of fused-ring (bicyclic) bond motifs is 1. The van der Waals surface area contributed by atoms with E-state index in [0.717, 1.165) is 34.0 Å². The number of aromatic nitrogens is 6. The summed E-state index contributed by atoms with van der Waals surface area (Å²) < 4.78 is 15.9. The van der Waals surface area contributed by atoms with Crippen molar-refractivity contribution in [3.63, 3.8) is 0 Å². The number of halogens is 1. The van der Waals surface area contributed by atoms with Crippen LogP contribution in [-0.2, 0) is 6.54 Å². The van der Waals surface area contributed by atoms with Gasteiger partial charge >= 0.3 is 0 Å². The van der Waals surface area contributed by atoms with Gasteiger partial charge in [-0.1, -0.05) is 18.2 Å². The van der Waals surface area contributed by atoms with Crippen LogP contribution in [-0.4, -0.2) is 36.6 Å². The van der Waals surface area contributed by atoms with Gasteiger partial charge in [0.2, 0.25) is 0 Å². The number of para-hydroxylation sites is 1. The summed E-state index contributed by atoms with van der Waals surface area (Å²) in [6.07, 6.45) is 3.41. The zero-order valence-corrected chi connectivity index (χ0v) is 17.1. The molecule has 31 heavy (non-hydrogen) atoms. The van der Waals surface area contributed by atoms with Crippen molar-refractivity contribution in [2.75, 3.05) is 11.9 Å². The predicted octanol–water partition coefficient (Wildman–Crippen LogP) is 4.27. The van der Waals surface area contributed by atoms with Crippen LogP contribution in [0.1, 0.15) is 11.5 Å². The number of nitrogens with zero attached hydrogens (tertiary/aromatic N) is 6. The Morgan fingerprint density at radius 3 is 2.74 bits per heavy atom. The van der Waals surface area contributed by atoms with Gasteiger partial charge < -0.3 is 9.88 Å². The number of rotatable bonds is 5. The molecule has 0 aliphatic heterocycles. The van der Waals surface area contributed by atoms with Crippen molar-refractivity contribution in [2.45, 2.75) is 13.5 Å². The van der Waals surface area contributed by atoms with Crippen LogP contribution in [0.5, 0.6) is 0 Å². The first-order valence-electron chi connectivity index (χ1n) is 9.87. The Labute approximate surface area is 178 Å². The molecule has 1 N–H and O–H groups in total. The Balaban J connectivity index is 1.59. The van der Waals surface area contributed by atoms with Gasteiger partial charge in [-0.15, -0.1) is 0 Å². The molecule has 0 radical (unpaired) electrons. The van der Waals surface area contributed by atoms with Gasteiger partial charge in [-0.25, -0.2) is 18.9 Å². The van der Waals surface area contributed by atoms with Crippen LogP contribution in [0.25, 0.3) is 28.3 Å². The maximum atomic E-state index is 14.2. The topological polar surface area (TPSA) is 75.0 Å². The van der Waals surface area contributed by atoms with Gasteiger partial charge in [0.05, 0.1) is 29.3 Å². The summed E-state index contributed by atoms with van der Waals surface area (Å²) in [5, 5.41) is 4.23. The highest BCUT2D eigenvalue weighted by molar-refractivity contribution is 5.77. The lowest BCUT2D eigenvalue weighted by Gasteiger charge is -2.18. The molecule has 0 spiro atoms. The molecule has 5 aromatic rings. The molecule has 0 fully saturated rings. The lowest BCUT2D eigenvalue weighted by Crippen LogP contribution is -2.18. The van der Waals surface area contributed by atoms with Crippen LogP contribution >= 0.6 is 0 Å². The Bertz CT molecular complexity index is 1370. The molecule has 154 valence electrons. The number of aryl methyl sites for hydroxylation is 1. The molecule has 0 bridgehead atoms. The van der Waals surface area contributed by atoms with Crippen LogP contribution in [0.3, 0.4) is 0 Å². The molecule has 7 nitrogen and oxygen atoms in total. The van der Waals surface area contributed by atoms with Crippen LogP contribution in [0.2, 0.25) is 0 Å². The minimum absolute atomic E-state index is 0.269. The molecular weight excluding hydrogens is 393 g/mol. The fraction of sp³-hybridized carbons (Fsp3) is 0.130. The van der Waals surface area contributed by atoms with Crippen molar-refractivity contribution < 1.29 is 4.39 Å². The summed E-state index contributed by atoms with van der Waals surface area (Å²) in [5.74, 6) is 0.437. The van der Waals surface area contributed by atoms with E-state index in [-0.39, 0.29) is 5.82 Å². The zero-order valence-electron chi connectivity index (χ0n) is 17.1. The smallest absolute Gasteiger partial charge is 0.155 e. The summed E-state index contributed by atoms with van der Waals surface area (Å²) in [7, 11) is 1.84. The lowest BCUT2D eigenvalue weighted by molar-refractivity contribution is 0.621. The Hall–Kier alpha value is -4.07. The summed E-state index contributed by atoms with van der Waals surface area (Å²) in [6.45, 7) is 2.36. The first kappa shape index (κ1) is 18.9. The van der Waals surface area contributed by atoms with Gasteiger partial charge in [0.15, 0.2) is 5.65 Å². The number of anilines is 1. The molecule has 0 amide bonds. The first-order chi connectivity index (χ1) is 15.1. The van der Waals surface area contributed by atoms with E-state index in [0.29, 0.717) is 18.1 Å². The van der Waals surface area contributed by atoms with Crippen molar-refractivity contribution in [2.24, 2.45) is 0 Å². The third-order valence-corrected chi connectivity index (χ3v) is 5.10. The number of hydrogen-bond acceptors (Lipinski definition) is 5. The third-order valence-electron chi connectivity index (χ3n) is 5.10. The maximum absolute atomic E-state index is 14.2. The average Bonchev–Trinajstić information content (AvgIpc) is 3.40. The summed E-state index contributed by atoms with van der Waals surface area (Å²) in [6, 6.07) is 16.4. The highest BCUT2D eigenvalue weighted by Crippen LogP contribution is 2.30. The highest BCUT2D eigenvalue weighted by Gasteiger charge is 2.18. The van der Waals surface area contributed by atoms with E-state index < -0.39 is 0 Å². The summed E-state index contributed by atoms with van der Waals surface area (Å²) >= 11 is 0. The lowest BCUT2D eigenvalue weighted by atomic mass is 10.1. The molecule has 4 heterocycles. The number of hydrogen-bond donors (Lipinski definition) is 1. The standard InChI is InChI=1S/C23H20FN7/c1-15-6-5-8-18(27-15)23-22(16-10-11-21-25-14-26-31(21)12-16)28-20(29-23)13-30(2)19-9-4-3-7-17(19)24/h3-12,14H,13H2,1-2H3,(H,28,29). The molecule has 0 atom stereocenters. The van der Waals surface area contributed by atoms with E-state index in [9.17, 15) is 4.39 Å². The quantitative estimate of drug-likeness (QED) is 0.466. The van der Waals surface area contributed by atoms with E-state index in [1.807, 2.05) is 61.5 Å². The van der Waals surface area contributed by atoms with Gasteiger partial charge in [-0.05, 0) is 43.3 Å². The maximum Gasteiger partial charge on any atom is 0.155 e. The summed E-state index contributed by atoms with van der Waals surface area (Å²) in [4.78, 5) is 18.9. The van der Waals surface area contributed by atoms with Gasteiger partial charge in [-0.2, -0.15) is 5.10 Å². The highest BCUT2D eigenvalue weighted by atomic mass is 19.1. The molecule has 0 unspecified atom stereocenters. The Morgan fingerprint density at radius 2 is 1.90 bits per heavy atom. The molecule has 0 saturated heterocycles. The van der Waals surface area contributed by atoms with Crippen molar-refractivity contribution in [1.29, 1.82) is 0 Å². The second kappa shape index (κ2) is 7.64. The minimum atomic E-state index is -0.269. The van der Waals surface area contributed by atoms with Gasteiger partial charge in [0, 0.05) is 24.5 Å². The predicted molar refractivity (Wildman–Crippen MR) is 117 cm³/mol. The van der Waals surface area contributed by atoms with Gasteiger partial charge in [0.1, 0.15) is 18.0 Å². The average molecular weight is 413 g/mol. The van der Waals surface area contributed by atoms with Gasteiger partial charge in [0.25, 0.3) is 0 Å². The van der Waals surface area contributed by atoms with Crippen LogP contribution in [0.4, 0.5) is 10.1 Å². The monoisotopic (exact) mass is 413 g/mol. The minimum Gasteiger partial charge on any atom is -0.365 e. The van der Waals surface area contributed by atoms with E-state index >= 15 is 0 Å². The van der Waals surface area contributed by atoms with E-state index in [4.69, 9.17) is 4.98 Å². The SMILES string of the molecule is Cc1cccc(-c2[nH]c(CN(C)c3ccccc3F)nc2-c2ccc3ncnn3c2)n1. The number of imidazole rings is 1. The molecule has 0 aliphatic rings. The van der Waals surface area contributed by atoms with Crippen LogP contribution in [0, 0.1) is 12.7 Å². The second-order valence-corrected chi connectivity index (χ2v) is 7.36. The van der Waals surface area contributed by atoms with E-state index in [2.05, 4.69) is 20.1 Å². The normalized spacial score (nSPS) is 11.2. The van der Waals surface area contributed by atoms with E-state index in [1.165, 1.54) is 12.4 Å². The van der Waals surface area contributed by atoms with Crippen LogP contribution < -0.4 is 4.90 Å². The van der Waals surface area contributed by atoms with Crippen molar-refractivity contribution >= 4 is 11.3 Å². The molecule has 4 aromatic heterocycles. The van der Waals surface area contributed by atoms with Crippen LogP contribution in [0.15, 0.2) is 67.1 Å². The number of H-pyrrole nitrogens is 1. The zero-order chi connectivity index (χ0) is 21.4. The number of nitrogens with one attached hydrogen (secondary N) is 1. The molecule has 5 rings (SSSR count).